The first kappa shape index (κ1) is 19.7. The zero-order valence-corrected chi connectivity index (χ0v) is 17.9. The summed E-state index contributed by atoms with van der Waals surface area (Å²) in [5, 5.41) is 3.94. The van der Waals surface area contributed by atoms with Gasteiger partial charge >= 0.3 is 0 Å². The lowest BCUT2D eigenvalue weighted by atomic mass is 10.1. The van der Waals surface area contributed by atoms with Crippen LogP contribution in [0.4, 0.5) is 11.8 Å². The van der Waals surface area contributed by atoms with Crippen molar-refractivity contribution < 1.29 is 0 Å². The highest BCUT2D eigenvalue weighted by atomic mass is 16.1. The third-order valence-corrected chi connectivity index (χ3v) is 5.44. The minimum absolute atomic E-state index is 0.109. The number of nitrogen functional groups attached to an aromatic ring is 1. The standard InChI is InChI=1S/C23H22N8O/c1-12-6-4-8-15(10-12)31-21(28-16-9-5-7-13(2)17(16)22(31)32)14(3)27-20-18-19(26-11-25-18)29-23(24)30-20/h4-11,14H,1-3H3,(H4,24,25,26,27,29,30). The van der Waals surface area contributed by atoms with Gasteiger partial charge in [-0.3, -0.25) is 9.36 Å². The van der Waals surface area contributed by atoms with Crippen LogP contribution in [0.15, 0.2) is 53.6 Å². The van der Waals surface area contributed by atoms with E-state index >= 15 is 0 Å². The van der Waals surface area contributed by atoms with E-state index in [1.54, 1.807) is 4.57 Å². The molecule has 160 valence electrons. The lowest BCUT2D eigenvalue weighted by Gasteiger charge is -2.21. The lowest BCUT2D eigenvalue weighted by Crippen LogP contribution is -2.28. The number of nitrogens with two attached hydrogens (primary N) is 1. The molecule has 0 saturated heterocycles. The second-order valence-electron chi connectivity index (χ2n) is 7.82. The molecule has 0 amide bonds. The van der Waals surface area contributed by atoms with Crippen molar-refractivity contribution in [3.8, 4) is 5.69 Å². The number of fused-ring (bicyclic) bond motifs is 2. The summed E-state index contributed by atoms with van der Waals surface area (Å²) in [6.07, 6.45) is 1.54. The third-order valence-electron chi connectivity index (χ3n) is 5.44. The molecule has 0 aliphatic carbocycles. The zero-order valence-electron chi connectivity index (χ0n) is 17.9. The van der Waals surface area contributed by atoms with Gasteiger partial charge in [-0.25, -0.2) is 9.97 Å². The van der Waals surface area contributed by atoms with Crippen molar-refractivity contribution in [2.45, 2.75) is 26.8 Å². The Balaban J connectivity index is 1.72. The Morgan fingerprint density at radius 1 is 1.09 bits per heavy atom. The molecule has 3 aromatic heterocycles. The third kappa shape index (κ3) is 3.24. The molecule has 0 radical (unpaired) electrons. The minimum Gasteiger partial charge on any atom is -0.368 e. The van der Waals surface area contributed by atoms with E-state index in [1.165, 1.54) is 6.33 Å². The number of aromatic amines is 1. The molecule has 0 aliphatic heterocycles. The molecule has 0 spiro atoms. The van der Waals surface area contributed by atoms with E-state index in [1.807, 2.05) is 63.2 Å². The van der Waals surface area contributed by atoms with Gasteiger partial charge in [0.25, 0.3) is 5.56 Å². The van der Waals surface area contributed by atoms with Crippen LogP contribution in [0.25, 0.3) is 27.8 Å². The molecule has 32 heavy (non-hydrogen) atoms. The fourth-order valence-electron chi connectivity index (χ4n) is 3.94. The summed E-state index contributed by atoms with van der Waals surface area (Å²) in [4.78, 5) is 34.2. The van der Waals surface area contributed by atoms with Crippen molar-refractivity contribution in [3.63, 3.8) is 0 Å². The van der Waals surface area contributed by atoms with Crippen LogP contribution in [0.5, 0.6) is 0 Å². The summed E-state index contributed by atoms with van der Waals surface area (Å²) in [5.74, 6) is 1.16. The Morgan fingerprint density at radius 3 is 2.72 bits per heavy atom. The predicted molar refractivity (Wildman–Crippen MR) is 125 cm³/mol. The summed E-state index contributed by atoms with van der Waals surface area (Å²) in [7, 11) is 0. The molecule has 1 unspecified atom stereocenters. The normalized spacial score (nSPS) is 12.3. The molecule has 4 N–H and O–H groups in total. The number of aryl methyl sites for hydroxylation is 2. The average molecular weight is 426 g/mol. The number of aromatic nitrogens is 6. The van der Waals surface area contributed by atoms with E-state index in [9.17, 15) is 4.79 Å². The van der Waals surface area contributed by atoms with Crippen LogP contribution in [-0.4, -0.2) is 29.5 Å². The van der Waals surface area contributed by atoms with E-state index in [0.717, 1.165) is 16.8 Å². The number of nitrogens with zero attached hydrogens (tertiary/aromatic N) is 5. The Kier molecular flexibility index (Phi) is 4.58. The van der Waals surface area contributed by atoms with Crippen LogP contribution in [0, 0.1) is 13.8 Å². The Bertz CT molecular complexity index is 1530. The van der Waals surface area contributed by atoms with Gasteiger partial charge in [-0.15, -0.1) is 0 Å². The first-order valence-corrected chi connectivity index (χ1v) is 10.2. The number of H-pyrrole nitrogens is 1. The van der Waals surface area contributed by atoms with Crippen molar-refractivity contribution in [1.29, 1.82) is 0 Å². The van der Waals surface area contributed by atoms with Gasteiger partial charge in [0.05, 0.1) is 29.0 Å². The van der Waals surface area contributed by atoms with E-state index in [4.69, 9.17) is 10.7 Å². The Morgan fingerprint density at radius 2 is 1.91 bits per heavy atom. The topological polar surface area (TPSA) is 127 Å². The van der Waals surface area contributed by atoms with Crippen LogP contribution < -0.4 is 16.6 Å². The highest BCUT2D eigenvalue weighted by molar-refractivity contribution is 5.84. The number of benzene rings is 2. The van der Waals surface area contributed by atoms with Gasteiger partial charge in [-0.05, 0) is 50.1 Å². The maximum Gasteiger partial charge on any atom is 0.266 e. The van der Waals surface area contributed by atoms with Crippen LogP contribution in [0.1, 0.15) is 29.9 Å². The summed E-state index contributed by atoms with van der Waals surface area (Å²) in [6.45, 7) is 5.84. The van der Waals surface area contributed by atoms with Crippen molar-refractivity contribution in [2.24, 2.45) is 0 Å². The quantitative estimate of drug-likeness (QED) is 0.402. The van der Waals surface area contributed by atoms with Gasteiger partial charge in [0.1, 0.15) is 11.3 Å². The van der Waals surface area contributed by atoms with Crippen molar-refractivity contribution in [2.75, 3.05) is 11.1 Å². The molecular formula is C23H22N8O. The molecule has 0 bridgehead atoms. The largest absolute Gasteiger partial charge is 0.368 e. The van der Waals surface area contributed by atoms with Gasteiger partial charge < -0.3 is 16.0 Å². The molecule has 9 heteroatoms. The fraction of sp³-hybridized carbons (Fsp3) is 0.174. The monoisotopic (exact) mass is 426 g/mol. The molecule has 2 aromatic carbocycles. The van der Waals surface area contributed by atoms with E-state index in [0.29, 0.717) is 33.7 Å². The number of hydrogen-bond acceptors (Lipinski definition) is 7. The Labute approximate surface area is 183 Å². The molecule has 3 heterocycles. The smallest absolute Gasteiger partial charge is 0.266 e. The molecule has 0 fully saturated rings. The van der Waals surface area contributed by atoms with E-state index in [2.05, 4.69) is 25.3 Å². The van der Waals surface area contributed by atoms with Gasteiger partial charge in [0.15, 0.2) is 11.5 Å². The highest BCUT2D eigenvalue weighted by Crippen LogP contribution is 2.25. The molecule has 5 aromatic rings. The zero-order chi connectivity index (χ0) is 22.4. The molecular weight excluding hydrogens is 404 g/mol. The molecule has 0 aliphatic rings. The summed E-state index contributed by atoms with van der Waals surface area (Å²) < 4.78 is 1.66. The first-order valence-electron chi connectivity index (χ1n) is 10.2. The fourth-order valence-corrected chi connectivity index (χ4v) is 3.94. The van der Waals surface area contributed by atoms with E-state index < -0.39 is 0 Å². The lowest BCUT2D eigenvalue weighted by molar-refractivity contribution is 0.731. The number of anilines is 2. The van der Waals surface area contributed by atoms with Gasteiger partial charge in [-0.2, -0.15) is 9.97 Å². The second-order valence-corrected chi connectivity index (χ2v) is 7.82. The van der Waals surface area contributed by atoms with Crippen LogP contribution in [-0.2, 0) is 0 Å². The molecule has 0 saturated carbocycles. The van der Waals surface area contributed by atoms with Crippen LogP contribution in [0.2, 0.25) is 0 Å². The number of nitrogens with one attached hydrogen (secondary N) is 2. The summed E-state index contributed by atoms with van der Waals surface area (Å²) >= 11 is 0. The number of hydrogen-bond donors (Lipinski definition) is 3. The van der Waals surface area contributed by atoms with Crippen LogP contribution in [0.3, 0.4) is 0 Å². The first-order chi connectivity index (χ1) is 15.4. The molecule has 1 atom stereocenters. The molecule has 9 nitrogen and oxygen atoms in total. The van der Waals surface area contributed by atoms with Gasteiger partial charge in [0, 0.05) is 0 Å². The predicted octanol–water partition coefficient (Wildman–Crippen LogP) is 3.42. The molecule has 5 rings (SSSR count). The Hall–Kier alpha value is -4.27. The highest BCUT2D eigenvalue weighted by Gasteiger charge is 2.21. The summed E-state index contributed by atoms with van der Waals surface area (Å²) in [5.41, 5.74) is 10.2. The number of rotatable bonds is 4. The second kappa shape index (κ2) is 7.45. The van der Waals surface area contributed by atoms with Crippen molar-refractivity contribution in [1.82, 2.24) is 29.5 Å². The van der Waals surface area contributed by atoms with Crippen molar-refractivity contribution >= 4 is 33.8 Å². The maximum atomic E-state index is 13.7. The minimum atomic E-state index is -0.381. The van der Waals surface area contributed by atoms with E-state index in [-0.39, 0.29) is 17.5 Å². The number of imidazole rings is 1. The average Bonchev–Trinajstić information content (AvgIpc) is 3.22. The maximum absolute atomic E-state index is 13.7. The van der Waals surface area contributed by atoms with Gasteiger partial charge in [-0.1, -0.05) is 24.3 Å². The van der Waals surface area contributed by atoms with Gasteiger partial charge in [0.2, 0.25) is 5.95 Å². The SMILES string of the molecule is Cc1cccc(-n2c(C(C)Nc3nc(N)nc4nc[nH]c34)nc3cccc(C)c3c2=O)c1. The summed E-state index contributed by atoms with van der Waals surface area (Å²) in [6, 6.07) is 13.1. The van der Waals surface area contributed by atoms with Crippen molar-refractivity contribution in [3.05, 3.63) is 76.1 Å². The van der Waals surface area contributed by atoms with Crippen LogP contribution >= 0.6 is 0 Å².